The van der Waals surface area contributed by atoms with E-state index in [-0.39, 0.29) is 0 Å². The van der Waals surface area contributed by atoms with Gasteiger partial charge in [0, 0.05) is 17.8 Å². The van der Waals surface area contributed by atoms with Crippen LogP contribution in [-0.2, 0) is 5.88 Å². The van der Waals surface area contributed by atoms with Crippen molar-refractivity contribution in [3.05, 3.63) is 48.5 Å². The Morgan fingerprint density at radius 1 is 1.18 bits per heavy atom. The molecule has 0 atom stereocenters. The zero-order valence-electron chi connectivity index (χ0n) is 8.92. The van der Waals surface area contributed by atoms with Crippen molar-refractivity contribution in [2.45, 2.75) is 5.88 Å². The molecule has 4 nitrogen and oxygen atoms in total. The van der Waals surface area contributed by atoms with Crippen molar-refractivity contribution in [3.63, 3.8) is 0 Å². The summed E-state index contributed by atoms with van der Waals surface area (Å²) >= 11 is 5.86. The Morgan fingerprint density at radius 3 is 3.00 bits per heavy atom. The Kier molecular flexibility index (Phi) is 2.49. The van der Waals surface area contributed by atoms with Crippen molar-refractivity contribution in [3.8, 4) is 5.69 Å². The number of hydrogen-bond acceptors (Lipinski definition) is 3. The largest absolute Gasteiger partial charge is 0.264 e. The lowest BCUT2D eigenvalue weighted by atomic mass is 10.1. The van der Waals surface area contributed by atoms with Gasteiger partial charge in [-0.15, -0.1) is 16.7 Å². The van der Waals surface area contributed by atoms with Crippen LogP contribution in [0.25, 0.3) is 16.5 Å². The minimum absolute atomic E-state index is 0.379. The molecule has 0 bridgehead atoms. The Hall–Kier alpha value is -1.94. The van der Waals surface area contributed by atoms with Gasteiger partial charge in [0.25, 0.3) is 0 Å². The second kappa shape index (κ2) is 4.14. The summed E-state index contributed by atoms with van der Waals surface area (Å²) in [5, 5.41) is 10.1. The van der Waals surface area contributed by atoms with Crippen LogP contribution in [0.15, 0.2) is 42.9 Å². The van der Waals surface area contributed by atoms with Crippen LogP contribution in [0.1, 0.15) is 5.69 Å². The van der Waals surface area contributed by atoms with Gasteiger partial charge in [0.15, 0.2) is 0 Å². The maximum atomic E-state index is 5.86. The van der Waals surface area contributed by atoms with E-state index in [1.165, 1.54) is 0 Å². The smallest absolute Gasteiger partial charge is 0.0793 e. The fourth-order valence-electron chi connectivity index (χ4n) is 1.83. The Bertz CT molecular complexity index is 657. The molecule has 0 aliphatic heterocycles. The molecule has 0 saturated heterocycles. The maximum absolute atomic E-state index is 5.86. The SMILES string of the molecule is ClCc1cnnn1-c1cccc2ccncc12. The molecule has 0 fully saturated rings. The van der Waals surface area contributed by atoms with Gasteiger partial charge in [-0.1, -0.05) is 17.3 Å². The molecule has 0 aliphatic rings. The summed E-state index contributed by atoms with van der Waals surface area (Å²) in [6.07, 6.45) is 5.27. The predicted molar refractivity (Wildman–Crippen MR) is 66.2 cm³/mol. The lowest BCUT2D eigenvalue weighted by Gasteiger charge is -2.07. The highest BCUT2D eigenvalue weighted by Gasteiger charge is 2.08. The van der Waals surface area contributed by atoms with Crippen LogP contribution in [-0.4, -0.2) is 20.0 Å². The number of hydrogen-bond donors (Lipinski definition) is 0. The molecule has 3 aromatic rings. The second-order valence-electron chi connectivity index (χ2n) is 3.64. The number of nitrogens with zero attached hydrogens (tertiary/aromatic N) is 4. The number of pyridine rings is 1. The van der Waals surface area contributed by atoms with Crippen LogP contribution in [0.4, 0.5) is 0 Å². The summed E-state index contributed by atoms with van der Waals surface area (Å²) in [5.74, 6) is 0.379. The zero-order chi connectivity index (χ0) is 11.7. The van der Waals surface area contributed by atoms with E-state index in [4.69, 9.17) is 11.6 Å². The summed E-state index contributed by atoms with van der Waals surface area (Å²) < 4.78 is 1.75. The molecule has 2 aromatic heterocycles. The summed E-state index contributed by atoms with van der Waals surface area (Å²) in [6.45, 7) is 0. The topological polar surface area (TPSA) is 43.6 Å². The van der Waals surface area contributed by atoms with Gasteiger partial charge in [0.2, 0.25) is 0 Å². The van der Waals surface area contributed by atoms with Crippen molar-refractivity contribution in [2.75, 3.05) is 0 Å². The lowest BCUT2D eigenvalue weighted by Crippen LogP contribution is -2.01. The van der Waals surface area contributed by atoms with Gasteiger partial charge in [-0.3, -0.25) is 4.98 Å². The molecule has 5 heteroatoms. The van der Waals surface area contributed by atoms with E-state index in [9.17, 15) is 0 Å². The molecule has 0 spiro atoms. The van der Waals surface area contributed by atoms with Gasteiger partial charge < -0.3 is 0 Å². The number of benzene rings is 1. The van der Waals surface area contributed by atoms with Gasteiger partial charge >= 0.3 is 0 Å². The first-order chi connectivity index (χ1) is 8.40. The molecule has 17 heavy (non-hydrogen) atoms. The molecular weight excluding hydrogens is 236 g/mol. The van der Waals surface area contributed by atoms with Crippen LogP contribution in [0.5, 0.6) is 0 Å². The van der Waals surface area contributed by atoms with Crippen molar-refractivity contribution in [1.82, 2.24) is 20.0 Å². The highest BCUT2D eigenvalue weighted by molar-refractivity contribution is 6.16. The molecule has 2 heterocycles. The van der Waals surface area contributed by atoms with Crippen LogP contribution >= 0.6 is 11.6 Å². The molecule has 1 aromatic carbocycles. The van der Waals surface area contributed by atoms with E-state index in [0.29, 0.717) is 5.88 Å². The van der Waals surface area contributed by atoms with Gasteiger partial charge in [-0.05, 0) is 17.5 Å². The van der Waals surface area contributed by atoms with Crippen molar-refractivity contribution in [1.29, 1.82) is 0 Å². The number of halogens is 1. The third-order valence-corrected chi connectivity index (χ3v) is 2.92. The fourth-order valence-corrected chi connectivity index (χ4v) is 2.01. The summed E-state index contributed by atoms with van der Waals surface area (Å²) in [4.78, 5) is 4.14. The van der Waals surface area contributed by atoms with Gasteiger partial charge in [0.05, 0.1) is 23.5 Å². The van der Waals surface area contributed by atoms with Gasteiger partial charge in [0.1, 0.15) is 0 Å². The molecule has 84 valence electrons. The first kappa shape index (κ1) is 10.2. The highest BCUT2D eigenvalue weighted by atomic mass is 35.5. The fraction of sp³-hybridized carbons (Fsp3) is 0.0833. The Labute approximate surface area is 103 Å². The van der Waals surface area contributed by atoms with Crippen LogP contribution in [0, 0.1) is 0 Å². The van der Waals surface area contributed by atoms with Gasteiger partial charge in [-0.25, -0.2) is 4.68 Å². The molecule has 0 unspecified atom stereocenters. The van der Waals surface area contributed by atoms with E-state index in [2.05, 4.69) is 15.3 Å². The molecular formula is C12H9ClN4. The molecule has 0 saturated carbocycles. The van der Waals surface area contributed by atoms with Crippen LogP contribution < -0.4 is 0 Å². The minimum Gasteiger partial charge on any atom is -0.264 e. The minimum atomic E-state index is 0.379. The first-order valence-corrected chi connectivity index (χ1v) is 5.72. The number of aromatic nitrogens is 4. The average molecular weight is 245 g/mol. The third-order valence-electron chi connectivity index (χ3n) is 2.65. The van der Waals surface area contributed by atoms with Crippen LogP contribution in [0.2, 0.25) is 0 Å². The van der Waals surface area contributed by atoms with E-state index >= 15 is 0 Å². The lowest BCUT2D eigenvalue weighted by molar-refractivity contribution is 0.786. The zero-order valence-corrected chi connectivity index (χ0v) is 9.67. The van der Waals surface area contributed by atoms with E-state index in [1.54, 1.807) is 17.1 Å². The standard InChI is InChI=1S/C12H9ClN4/c13-6-10-7-15-16-17(10)12-3-1-2-9-4-5-14-8-11(9)12/h1-5,7-8H,6H2. The normalized spacial score (nSPS) is 10.9. The van der Waals surface area contributed by atoms with E-state index in [1.807, 2.05) is 30.5 Å². The molecule has 0 aliphatic carbocycles. The quantitative estimate of drug-likeness (QED) is 0.651. The molecule has 0 amide bonds. The van der Waals surface area contributed by atoms with Crippen molar-refractivity contribution < 1.29 is 0 Å². The first-order valence-electron chi connectivity index (χ1n) is 5.19. The van der Waals surface area contributed by atoms with Gasteiger partial charge in [-0.2, -0.15) is 0 Å². The summed E-state index contributed by atoms with van der Waals surface area (Å²) in [6, 6.07) is 7.97. The number of rotatable bonds is 2. The summed E-state index contributed by atoms with van der Waals surface area (Å²) in [5.41, 5.74) is 1.81. The third kappa shape index (κ3) is 1.66. The van der Waals surface area contributed by atoms with E-state index in [0.717, 1.165) is 22.2 Å². The number of alkyl halides is 1. The maximum Gasteiger partial charge on any atom is 0.0793 e. The molecule has 0 N–H and O–H groups in total. The van der Waals surface area contributed by atoms with Crippen molar-refractivity contribution >= 4 is 22.4 Å². The number of fused-ring (bicyclic) bond motifs is 1. The summed E-state index contributed by atoms with van der Waals surface area (Å²) in [7, 11) is 0. The second-order valence-corrected chi connectivity index (χ2v) is 3.91. The molecule has 3 rings (SSSR count). The Morgan fingerprint density at radius 2 is 2.12 bits per heavy atom. The highest BCUT2D eigenvalue weighted by Crippen LogP contribution is 2.21. The van der Waals surface area contributed by atoms with Crippen molar-refractivity contribution in [2.24, 2.45) is 0 Å². The average Bonchev–Trinajstić information content (AvgIpc) is 2.86. The Balaban J connectivity index is 2.31. The van der Waals surface area contributed by atoms with E-state index < -0.39 is 0 Å². The molecule has 0 radical (unpaired) electrons. The predicted octanol–water partition coefficient (Wildman–Crippen LogP) is 2.55. The van der Waals surface area contributed by atoms with Crippen LogP contribution in [0.3, 0.4) is 0 Å². The monoisotopic (exact) mass is 244 g/mol.